The number of hydrogen-bond donors (Lipinski definition) is 1. The first kappa shape index (κ1) is 11.2. The van der Waals surface area contributed by atoms with Crippen molar-refractivity contribution in [2.75, 3.05) is 6.54 Å². The van der Waals surface area contributed by atoms with Crippen LogP contribution < -0.4 is 5.32 Å². The van der Waals surface area contributed by atoms with E-state index in [0.29, 0.717) is 5.54 Å². The molecule has 1 saturated heterocycles. The van der Waals surface area contributed by atoms with Gasteiger partial charge >= 0.3 is 0 Å². The summed E-state index contributed by atoms with van der Waals surface area (Å²) >= 11 is 3.46. The number of nitrogens with one attached hydrogen (secondary N) is 1. The van der Waals surface area contributed by atoms with Gasteiger partial charge in [-0.1, -0.05) is 28.1 Å². The van der Waals surface area contributed by atoms with Crippen molar-refractivity contribution in [3.05, 3.63) is 34.3 Å². The van der Waals surface area contributed by atoms with Crippen LogP contribution in [0, 0.1) is 0 Å². The van der Waals surface area contributed by atoms with Crippen LogP contribution in [0.3, 0.4) is 0 Å². The maximum atomic E-state index is 3.61. The highest BCUT2D eigenvalue weighted by atomic mass is 79.9. The van der Waals surface area contributed by atoms with Gasteiger partial charge in [0.2, 0.25) is 0 Å². The molecule has 0 aliphatic carbocycles. The largest absolute Gasteiger partial charge is 0.312 e. The lowest BCUT2D eigenvalue weighted by Crippen LogP contribution is -2.36. The Morgan fingerprint density at radius 1 is 1.33 bits per heavy atom. The van der Waals surface area contributed by atoms with Crippen molar-refractivity contribution in [2.45, 2.75) is 38.1 Å². The predicted molar refractivity (Wildman–Crippen MR) is 68.1 cm³/mol. The Labute approximate surface area is 100 Å². The van der Waals surface area contributed by atoms with Gasteiger partial charge in [-0.2, -0.15) is 0 Å². The van der Waals surface area contributed by atoms with E-state index in [1.807, 2.05) is 0 Å². The highest BCUT2D eigenvalue weighted by Gasteiger charge is 2.26. The molecule has 1 aliphatic rings. The van der Waals surface area contributed by atoms with Crippen molar-refractivity contribution in [3.8, 4) is 0 Å². The summed E-state index contributed by atoms with van der Waals surface area (Å²) in [4.78, 5) is 0. The number of benzene rings is 1. The van der Waals surface area contributed by atoms with E-state index >= 15 is 0 Å². The van der Waals surface area contributed by atoms with Gasteiger partial charge in [0.1, 0.15) is 0 Å². The number of aryl methyl sites for hydroxylation is 1. The van der Waals surface area contributed by atoms with E-state index < -0.39 is 0 Å². The van der Waals surface area contributed by atoms with Crippen LogP contribution in [0.1, 0.15) is 31.7 Å². The summed E-state index contributed by atoms with van der Waals surface area (Å²) in [5.74, 6) is 0. The zero-order chi connectivity index (χ0) is 10.7. The van der Waals surface area contributed by atoms with Gasteiger partial charge in [0, 0.05) is 10.0 Å². The van der Waals surface area contributed by atoms with Gasteiger partial charge < -0.3 is 5.32 Å². The third-order valence-corrected chi connectivity index (χ3v) is 3.86. The molecule has 1 aromatic carbocycles. The fraction of sp³-hybridized carbons (Fsp3) is 0.538. The van der Waals surface area contributed by atoms with Crippen LogP contribution in [0.15, 0.2) is 28.7 Å². The van der Waals surface area contributed by atoms with Crippen molar-refractivity contribution in [1.82, 2.24) is 5.32 Å². The van der Waals surface area contributed by atoms with Crippen LogP contribution in [-0.2, 0) is 6.42 Å². The lowest BCUT2D eigenvalue weighted by molar-refractivity contribution is 0.384. The van der Waals surface area contributed by atoms with Crippen LogP contribution in [0.4, 0.5) is 0 Å². The predicted octanol–water partition coefficient (Wildman–Crippen LogP) is 3.52. The summed E-state index contributed by atoms with van der Waals surface area (Å²) in [5, 5.41) is 3.61. The van der Waals surface area contributed by atoms with Crippen molar-refractivity contribution >= 4 is 15.9 Å². The molecule has 1 aliphatic heterocycles. The van der Waals surface area contributed by atoms with Gasteiger partial charge in [-0.3, -0.25) is 0 Å². The second-order valence-corrected chi connectivity index (χ2v) is 5.63. The molecule has 1 heterocycles. The molecule has 0 bridgehead atoms. The molecule has 1 atom stereocenters. The minimum atomic E-state index is 0.382. The Morgan fingerprint density at radius 2 is 2.07 bits per heavy atom. The Morgan fingerprint density at radius 3 is 2.67 bits per heavy atom. The van der Waals surface area contributed by atoms with Crippen LogP contribution in [0.2, 0.25) is 0 Å². The summed E-state index contributed by atoms with van der Waals surface area (Å²) in [5.41, 5.74) is 1.82. The average molecular weight is 268 g/mol. The molecule has 0 aromatic heterocycles. The van der Waals surface area contributed by atoms with Gasteiger partial charge in [0.15, 0.2) is 0 Å². The molecule has 0 radical (unpaired) electrons. The molecule has 0 spiro atoms. The molecule has 82 valence electrons. The minimum absolute atomic E-state index is 0.382. The van der Waals surface area contributed by atoms with E-state index in [1.54, 1.807) is 0 Å². The SMILES string of the molecule is CC1(CCc2ccc(Br)cc2)CCCN1. The first-order valence-corrected chi connectivity index (χ1v) is 6.47. The molecule has 2 heteroatoms. The monoisotopic (exact) mass is 267 g/mol. The van der Waals surface area contributed by atoms with E-state index in [-0.39, 0.29) is 0 Å². The zero-order valence-electron chi connectivity index (χ0n) is 9.22. The normalized spacial score (nSPS) is 25.7. The molecule has 0 saturated carbocycles. The zero-order valence-corrected chi connectivity index (χ0v) is 10.8. The smallest absolute Gasteiger partial charge is 0.0175 e. The first-order valence-electron chi connectivity index (χ1n) is 5.67. The van der Waals surface area contributed by atoms with Crippen molar-refractivity contribution < 1.29 is 0 Å². The van der Waals surface area contributed by atoms with Crippen LogP contribution in [-0.4, -0.2) is 12.1 Å². The molecule has 1 aromatic rings. The number of rotatable bonds is 3. The Kier molecular flexibility index (Phi) is 3.47. The first-order chi connectivity index (χ1) is 7.18. The third-order valence-electron chi connectivity index (χ3n) is 3.34. The molecule has 0 amide bonds. The van der Waals surface area contributed by atoms with Crippen molar-refractivity contribution in [3.63, 3.8) is 0 Å². The summed E-state index contributed by atoms with van der Waals surface area (Å²) in [6, 6.07) is 8.67. The van der Waals surface area contributed by atoms with Gasteiger partial charge in [0.05, 0.1) is 0 Å². The van der Waals surface area contributed by atoms with Crippen LogP contribution >= 0.6 is 15.9 Å². The van der Waals surface area contributed by atoms with Crippen LogP contribution in [0.25, 0.3) is 0 Å². The molecule has 1 nitrogen and oxygen atoms in total. The molecule has 15 heavy (non-hydrogen) atoms. The molecule has 1 fully saturated rings. The topological polar surface area (TPSA) is 12.0 Å². The Balaban J connectivity index is 1.90. The van der Waals surface area contributed by atoms with E-state index in [2.05, 4.69) is 52.4 Å². The van der Waals surface area contributed by atoms with E-state index in [9.17, 15) is 0 Å². The van der Waals surface area contributed by atoms with Crippen LogP contribution in [0.5, 0.6) is 0 Å². The standard InChI is InChI=1S/C13H18BrN/c1-13(8-2-10-15-13)9-7-11-3-5-12(14)6-4-11/h3-6,15H,2,7-10H2,1H3. The van der Waals surface area contributed by atoms with Gasteiger partial charge in [-0.25, -0.2) is 0 Å². The fourth-order valence-electron chi connectivity index (χ4n) is 2.24. The number of halogens is 1. The van der Waals surface area contributed by atoms with Gasteiger partial charge in [0.25, 0.3) is 0 Å². The second kappa shape index (κ2) is 4.67. The molecule has 1 N–H and O–H groups in total. The van der Waals surface area contributed by atoms with Crippen molar-refractivity contribution in [2.24, 2.45) is 0 Å². The quantitative estimate of drug-likeness (QED) is 0.884. The second-order valence-electron chi connectivity index (χ2n) is 4.72. The average Bonchev–Trinajstić information content (AvgIpc) is 2.65. The molecule has 1 unspecified atom stereocenters. The van der Waals surface area contributed by atoms with Gasteiger partial charge in [-0.05, 0) is 56.8 Å². The summed E-state index contributed by atoms with van der Waals surface area (Å²) < 4.78 is 1.16. The van der Waals surface area contributed by atoms with E-state index in [4.69, 9.17) is 0 Å². The summed E-state index contributed by atoms with van der Waals surface area (Å²) in [7, 11) is 0. The number of hydrogen-bond acceptors (Lipinski definition) is 1. The lowest BCUT2D eigenvalue weighted by atomic mass is 9.92. The lowest BCUT2D eigenvalue weighted by Gasteiger charge is -2.24. The summed E-state index contributed by atoms with van der Waals surface area (Å²) in [6.45, 7) is 3.54. The maximum absolute atomic E-state index is 3.61. The molecule has 2 rings (SSSR count). The van der Waals surface area contributed by atoms with E-state index in [0.717, 1.165) is 4.47 Å². The highest BCUT2D eigenvalue weighted by Crippen LogP contribution is 2.24. The van der Waals surface area contributed by atoms with Crippen molar-refractivity contribution in [1.29, 1.82) is 0 Å². The highest BCUT2D eigenvalue weighted by molar-refractivity contribution is 9.10. The maximum Gasteiger partial charge on any atom is 0.0175 e. The van der Waals surface area contributed by atoms with Gasteiger partial charge in [-0.15, -0.1) is 0 Å². The van der Waals surface area contributed by atoms with E-state index in [1.165, 1.54) is 37.8 Å². The summed E-state index contributed by atoms with van der Waals surface area (Å²) in [6.07, 6.45) is 5.08. The molecular weight excluding hydrogens is 250 g/mol. The fourth-order valence-corrected chi connectivity index (χ4v) is 2.51. The minimum Gasteiger partial charge on any atom is -0.312 e. The Hall–Kier alpha value is -0.340. The third kappa shape index (κ3) is 3.05. The molecular formula is C13H18BrN. The Bertz CT molecular complexity index is 312.